The molecule has 0 aliphatic carbocycles. The van der Waals surface area contributed by atoms with Crippen LogP contribution < -0.4 is 0 Å². The molecular formula is C18H17ClF2N2O4S. The van der Waals surface area contributed by atoms with E-state index in [1.807, 2.05) is 6.07 Å². The fourth-order valence-electron chi connectivity index (χ4n) is 2.46. The molecule has 0 bridgehead atoms. The molecule has 0 saturated carbocycles. The molecular weight excluding hydrogens is 414 g/mol. The molecule has 6 nitrogen and oxygen atoms in total. The maximum Gasteiger partial charge on any atom is 0.162 e. The number of aromatic hydroxyl groups is 1. The van der Waals surface area contributed by atoms with Crippen LogP contribution in [0.5, 0.6) is 5.75 Å². The van der Waals surface area contributed by atoms with Crippen LogP contribution in [0.1, 0.15) is 12.0 Å². The van der Waals surface area contributed by atoms with Crippen molar-refractivity contribution in [2.24, 2.45) is 0 Å². The number of aliphatic hydroxyl groups is 2. The van der Waals surface area contributed by atoms with Gasteiger partial charge in [-0.3, -0.25) is 0 Å². The van der Waals surface area contributed by atoms with Crippen LogP contribution in [0.2, 0.25) is 5.02 Å². The molecule has 2 aromatic rings. The van der Waals surface area contributed by atoms with Gasteiger partial charge in [0, 0.05) is 24.2 Å². The lowest BCUT2D eigenvalue weighted by atomic mass is 10.1. The Morgan fingerprint density at radius 3 is 2.50 bits per heavy atom. The van der Waals surface area contributed by atoms with E-state index in [2.05, 4.69) is 0 Å². The van der Waals surface area contributed by atoms with Gasteiger partial charge in [-0.1, -0.05) is 11.6 Å². The van der Waals surface area contributed by atoms with E-state index in [4.69, 9.17) is 27.1 Å². The third-order valence-corrected chi connectivity index (χ3v) is 5.73. The molecule has 1 saturated heterocycles. The first-order valence-corrected chi connectivity index (χ1v) is 9.51. The van der Waals surface area contributed by atoms with Gasteiger partial charge in [-0.2, -0.15) is 5.26 Å². The van der Waals surface area contributed by atoms with Gasteiger partial charge in [-0.25, -0.2) is 17.3 Å². The van der Waals surface area contributed by atoms with Crippen LogP contribution in [0.25, 0.3) is 0 Å². The normalized spacial score (nSPS) is 20.1. The molecule has 3 rings (SSSR count). The number of benzene rings is 2. The van der Waals surface area contributed by atoms with Gasteiger partial charge in [-0.15, -0.1) is 0 Å². The number of rotatable bonds is 3. The number of aliphatic hydroxyl groups excluding tert-OH is 1. The lowest BCUT2D eigenvalue weighted by molar-refractivity contribution is -0.000503. The van der Waals surface area contributed by atoms with Gasteiger partial charge in [-0.05, 0) is 36.8 Å². The number of phenols is 1. The maximum absolute atomic E-state index is 12.4. The zero-order valence-electron chi connectivity index (χ0n) is 14.5. The van der Waals surface area contributed by atoms with Crippen molar-refractivity contribution in [2.75, 3.05) is 19.7 Å². The summed E-state index contributed by atoms with van der Waals surface area (Å²) < 4.78 is 38.0. The fourth-order valence-corrected chi connectivity index (χ4v) is 4.00. The number of hydrogen-bond donors (Lipinski definition) is 3. The first-order valence-electron chi connectivity index (χ1n) is 8.03. The average Bonchev–Trinajstić information content (AvgIpc) is 3.08. The smallest absolute Gasteiger partial charge is 0.162 e. The molecule has 1 fully saturated rings. The van der Waals surface area contributed by atoms with Gasteiger partial charge < -0.3 is 15.3 Å². The number of nitrogens with zero attached hydrogens (tertiary/aromatic N) is 2. The monoisotopic (exact) mass is 430 g/mol. The Labute approximate surface area is 167 Å². The second-order valence-corrected chi connectivity index (χ2v) is 7.99. The van der Waals surface area contributed by atoms with Crippen molar-refractivity contribution in [1.82, 2.24) is 4.31 Å². The standard InChI is InChI=1S/C12H13ClN2O3S.C6H4F2O/c13-10-1-2-11(9(5-10)6-14)19(18)15-4-3-12(17,7-15)8-16;7-5-2-1-4(9)3-6(5)8/h1-2,5,16-17H,3-4,7-8H2;1-3,9H. The molecule has 1 aliphatic heterocycles. The molecule has 0 radical (unpaired) electrons. The molecule has 1 aliphatic rings. The van der Waals surface area contributed by atoms with Crippen LogP contribution in [-0.4, -0.2) is 49.1 Å². The zero-order valence-corrected chi connectivity index (χ0v) is 16.1. The topological polar surface area (TPSA) is 105 Å². The van der Waals surface area contributed by atoms with Crippen molar-refractivity contribution >= 4 is 22.6 Å². The van der Waals surface area contributed by atoms with Crippen LogP contribution in [0, 0.1) is 23.0 Å². The zero-order chi connectivity index (χ0) is 20.9. The van der Waals surface area contributed by atoms with E-state index >= 15 is 0 Å². The van der Waals surface area contributed by atoms with E-state index in [-0.39, 0.29) is 24.5 Å². The minimum absolute atomic E-state index is 0.115. The van der Waals surface area contributed by atoms with Crippen LogP contribution >= 0.6 is 11.6 Å². The summed E-state index contributed by atoms with van der Waals surface area (Å²) >= 11 is 5.79. The van der Waals surface area contributed by atoms with E-state index in [0.717, 1.165) is 18.2 Å². The predicted molar refractivity (Wildman–Crippen MR) is 98.8 cm³/mol. The van der Waals surface area contributed by atoms with Crippen molar-refractivity contribution in [3.63, 3.8) is 0 Å². The summed E-state index contributed by atoms with van der Waals surface area (Å²) in [5.74, 6) is -2.25. The summed E-state index contributed by atoms with van der Waals surface area (Å²) in [5.41, 5.74) is -0.959. The van der Waals surface area contributed by atoms with E-state index in [1.54, 1.807) is 16.4 Å². The molecule has 28 heavy (non-hydrogen) atoms. The van der Waals surface area contributed by atoms with E-state index in [9.17, 15) is 18.1 Å². The largest absolute Gasteiger partial charge is 0.508 e. The van der Waals surface area contributed by atoms with Crippen LogP contribution in [-0.2, 0) is 11.0 Å². The summed E-state index contributed by atoms with van der Waals surface area (Å²) in [6.07, 6.45) is 0.352. The second-order valence-electron chi connectivity index (χ2n) is 6.10. The lowest BCUT2D eigenvalue weighted by Crippen LogP contribution is -2.37. The quantitative estimate of drug-likeness (QED) is 0.693. The lowest BCUT2D eigenvalue weighted by Gasteiger charge is -2.20. The highest BCUT2D eigenvalue weighted by Crippen LogP contribution is 2.27. The van der Waals surface area contributed by atoms with Crippen molar-refractivity contribution < 1.29 is 28.3 Å². The van der Waals surface area contributed by atoms with Gasteiger partial charge in [0.1, 0.15) is 28.4 Å². The summed E-state index contributed by atoms with van der Waals surface area (Å²) in [4.78, 5) is 0.370. The van der Waals surface area contributed by atoms with E-state index in [1.165, 1.54) is 6.07 Å². The minimum Gasteiger partial charge on any atom is -0.508 e. The number of β-amino-alcohol motifs (C(OH)–C–C–N with tert-alkyl or cyclic N) is 1. The molecule has 3 N–H and O–H groups in total. The Hall–Kier alpha value is -2.09. The molecule has 0 amide bonds. The van der Waals surface area contributed by atoms with E-state index < -0.39 is 28.2 Å². The molecule has 1 heterocycles. The molecule has 2 atom stereocenters. The molecule has 150 valence electrons. The first-order chi connectivity index (χ1) is 13.2. The number of halogens is 3. The molecule has 2 aromatic carbocycles. The van der Waals surface area contributed by atoms with Gasteiger partial charge in [0.05, 0.1) is 17.1 Å². The molecule has 0 aromatic heterocycles. The Bertz CT molecular complexity index is 925. The molecule has 2 unspecified atom stereocenters. The predicted octanol–water partition coefficient (Wildman–Crippen LogP) is 2.33. The minimum atomic E-state index is -1.55. The third-order valence-electron chi connectivity index (χ3n) is 3.98. The van der Waals surface area contributed by atoms with Crippen LogP contribution in [0.15, 0.2) is 41.3 Å². The number of hydrogen-bond acceptors (Lipinski definition) is 5. The van der Waals surface area contributed by atoms with Gasteiger partial charge in [0.15, 0.2) is 11.6 Å². The fraction of sp³-hybridized carbons (Fsp3) is 0.278. The van der Waals surface area contributed by atoms with Crippen molar-refractivity contribution in [3.05, 3.63) is 58.6 Å². The van der Waals surface area contributed by atoms with Crippen molar-refractivity contribution in [3.8, 4) is 11.8 Å². The summed E-state index contributed by atoms with van der Waals surface area (Å²) in [5, 5.41) is 37.0. The third kappa shape index (κ3) is 5.47. The number of nitriles is 1. The maximum atomic E-state index is 12.4. The second kappa shape index (κ2) is 9.41. The summed E-state index contributed by atoms with van der Waals surface area (Å²) in [6, 6.07) is 9.21. The van der Waals surface area contributed by atoms with Crippen molar-refractivity contribution in [1.29, 1.82) is 5.26 Å². The Morgan fingerprint density at radius 1 is 1.25 bits per heavy atom. The van der Waals surface area contributed by atoms with Crippen LogP contribution in [0.4, 0.5) is 8.78 Å². The molecule has 0 spiro atoms. The molecule has 10 heteroatoms. The highest BCUT2D eigenvalue weighted by atomic mass is 35.5. The highest BCUT2D eigenvalue weighted by Gasteiger charge is 2.38. The SMILES string of the molecule is N#Cc1cc(Cl)ccc1S(=O)N1CCC(O)(CO)C1.Oc1ccc(F)c(F)c1. The van der Waals surface area contributed by atoms with Gasteiger partial charge >= 0.3 is 0 Å². The van der Waals surface area contributed by atoms with Crippen molar-refractivity contribution in [2.45, 2.75) is 16.9 Å². The van der Waals surface area contributed by atoms with Crippen LogP contribution in [0.3, 0.4) is 0 Å². The number of phenolic OH excluding ortho intramolecular Hbond substituents is 1. The first kappa shape index (κ1) is 22.2. The average molecular weight is 431 g/mol. The summed E-state index contributed by atoms with van der Waals surface area (Å²) in [6.45, 7) is 0.146. The highest BCUT2D eigenvalue weighted by molar-refractivity contribution is 7.82. The van der Waals surface area contributed by atoms with Gasteiger partial charge in [0.25, 0.3) is 0 Å². The Balaban J connectivity index is 0.000000261. The van der Waals surface area contributed by atoms with Gasteiger partial charge in [0.2, 0.25) is 0 Å². The van der Waals surface area contributed by atoms with E-state index in [0.29, 0.717) is 22.9 Å². The summed E-state index contributed by atoms with van der Waals surface area (Å²) in [7, 11) is -1.55. The Kier molecular flexibility index (Phi) is 7.46. The Morgan fingerprint density at radius 2 is 1.96 bits per heavy atom.